The first-order valence-corrected chi connectivity index (χ1v) is 14.2. The number of pyridine rings is 2. The van der Waals surface area contributed by atoms with Crippen molar-refractivity contribution in [1.29, 1.82) is 0 Å². The van der Waals surface area contributed by atoms with Crippen molar-refractivity contribution in [2.24, 2.45) is 4.99 Å². The smallest absolute Gasteiger partial charge is 0.202 e. The summed E-state index contributed by atoms with van der Waals surface area (Å²) in [6.07, 6.45) is 2.24. The molecule has 0 atom stereocenters. The summed E-state index contributed by atoms with van der Waals surface area (Å²) < 4.78 is 0. The van der Waals surface area contributed by atoms with Crippen molar-refractivity contribution in [1.82, 2.24) is 14.9 Å². The Bertz CT molecular complexity index is 1940. The van der Waals surface area contributed by atoms with Crippen LogP contribution in [0.3, 0.4) is 0 Å². The first kappa shape index (κ1) is 23.1. The van der Waals surface area contributed by atoms with Gasteiger partial charge in [-0.2, -0.15) is 0 Å². The molecule has 5 nitrogen and oxygen atoms in total. The lowest BCUT2D eigenvalue weighted by molar-refractivity contribution is 0.359. The lowest BCUT2D eigenvalue weighted by Gasteiger charge is -2.40. The highest BCUT2D eigenvalue weighted by Gasteiger charge is 2.27. The van der Waals surface area contributed by atoms with Crippen LogP contribution in [0.5, 0.6) is 0 Å². The molecule has 2 aliphatic heterocycles. The van der Waals surface area contributed by atoms with Crippen LogP contribution < -0.4 is 4.90 Å². The number of guanidine groups is 1. The van der Waals surface area contributed by atoms with E-state index in [9.17, 15) is 0 Å². The summed E-state index contributed by atoms with van der Waals surface area (Å²) in [5.41, 5.74) is 6.32. The van der Waals surface area contributed by atoms with Crippen LogP contribution in [0.15, 0.2) is 108 Å². The standard InChI is InChI=1S/C35H29N5/c1-2-8-27-23-28(14-11-24(27)7-1)29-9-3-4-10-30(29)31-17-15-25-12-13-26-16-18-32(38-34(26)33(25)37-31)40-22-6-21-39-20-5-19-36-35(39)40/h1-4,7-18,23H,5-6,19-22H2. The number of aliphatic imine (C=N–C) groups is 1. The zero-order chi connectivity index (χ0) is 26.5. The van der Waals surface area contributed by atoms with Gasteiger partial charge in [-0.05, 0) is 59.0 Å². The Balaban J connectivity index is 1.26. The molecule has 6 aromatic rings. The maximum absolute atomic E-state index is 5.27. The summed E-state index contributed by atoms with van der Waals surface area (Å²) in [6.45, 7) is 3.98. The Morgan fingerprint density at radius 3 is 2.15 bits per heavy atom. The van der Waals surface area contributed by atoms with Gasteiger partial charge in [0.05, 0.1) is 16.7 Å². The Morgan fingerprint density at radius 1 is 0.550 bits per heavy atom. The van der Waals surface area contributed by atoms with Crippen LogP contribution in [0.25, 0.3) is 55.0 Å². The third-order valence-corrected chi connectivity index (χ3v) is 8.22. The highest BCUT2D eigenvalue weighted by Crippen LogP contribution is 2.35. The van der Waals surface area contributed by atoms with E-state index in [4.69, 9.17) is 15.0 Å². The molecule has 2 aliphatic rings. The summed E-state index contributed by atoms with van der Waals surface area (Å²) in [5.74, 6) is 2.02. The third kappa shape index (κ3) is 3.89. The van der Waals surface area contributed by atoms with Crippen LogP contribution in [-0.4, -0.2) is 47.0 Å². The van der Waals surface area contributed by atoms with E-state index in [1.807, 2.05) is 0 Å². The van der Waals surface area contributed by atoms with Crippen molar-refractivity contribution >= 4 is 44.4 Å². The lowest BCUT2D eigenvalue weighted by atomic mass is 9.95. The third-order valence-electron chi connectivity index (χ3n) is 8.22. The van der Waals surface area contributed by atoms with Crippen molar-refractivity contribution < 1.29 is 0 Å². The molecule has 0 amide bonds. The predicted octanol–water partition coefficient (Wildman–Crippen LogP) is 7.54. The van der Waals surface area contributed by atoms with Crippen LogP contribution in [0.1, 0.15) is 12.8 Å². The number of hydrogen-bond acceptors (Lipinski definition) is 5. The van der Waals surface area contributed by atoms with E-state index in [1.165, 1.54) is 21.9 Å². The summed E-state index contributed by atoms with van der Waals surface area (Å²) >= 11 is 0. The number of hydrogen-bond donors (Lipinski definition) is 0. The first-order valence-electron chi connectivity index (χ1n) is 14.2. The SMILES string of the molecule is c1ccc(-c2ccc3ccc4ccc(N5CCCN6CCCN=C65)nc4c3n2)c(-c2ccc3ccccc3c2)c1. The molecule has 5 heteroatoms. The van der Waals surface area contributed by atoms with Gasteiger partial charge in [0.25, 0.3) is 0 Å². The molecule has 4 heterocycles. The molecule has 4 aromatic carbocycles. The molecule has 0 N–H and O–H groups in total. The summed E-state index contributed by atoms with van der Waals surface area (Å²) in [4.78, 5) is 20.1. The maximum atomic E-state index is 5.27. The van der Waals surface area contributed by atoms with E-state index < -0.39 is 0 Å². The minimum atomic E-state index is 0.889. The van der Waals surface area contributed by atoms with E-state index in [0.717, 1.165) is 83.9 Å². The second kappa shape index (κ2) is 9.45. The summed E-state index contributed by atoms with van der Waals surface area (Å²) in [5, 5.41) is 4.68. The first-order chi connectivity index (χ1) is 19.8. The molecule has 40 heavy (non-hydrogen) atoms. The average Bonchev–Trinajstić information content (AvgIpc) is 3.03. The van der Waals surface area contributed by atoms with Gasteiger partial charge in [-0.1, -0.05) is 78.9 Å². The number of benzene rings is 4. The molecule has 8 rings (SSSR count). The second-order valence-electron chi connectivity index (χ2n) is 10.7. The highest BCUT2D eigenvalue weighted by atomic mass is 15.4. The molecule has 0 saturated carbocycles. The van der Waals surface area contributed by atoms with Crippen LogP contribution in [0.2, 0.25) is 0 Å². The molecule has 0 radical (unpaired) electrons. The minimum absolute atomic E-state index is 0.889. The molecule has 0 spiro atoms. The van der Waals surface area contributed by atoms with Gasteiger partial charge in [-0.25, -0.2) is 9.97 Å². The van der Waals surface area contributed by atoms with Crippen LogP contribution in [0, 0.1) is 0 Å². The van der Waals surface area contributed by atoms with Gasteiger partial charge < -0.3 is 4.90 Å². The van der Waals surface area contributed by atoms with Crippen molar-refractivity contribution in [2.75, 3.05) is 31.1 Å². The van der Waals surface area contributed by atoms with Gasteiger partial charge in [0.15, 0.2) is 0 Å². The van der Waals surface area contributed by atoms with Gasteiger partial charge in [0.1, 0.15) is 5.82 Å². The Kier molecular flexibility index (Phi) is 5.47. The second-order valence-corrected chi connectivity index (χ2v) is 10.7. The van der Waals surface area contributed by atoms with Crippen LogP contribution >= 0.6 is 0 Å². The fourth-order valence-electron chi connectivity index (χ4n) is 6.22. The molecular weight excluding hydrogens is 490 g/mol. The van der Waals surface area contributed by atoms with E-state index in [1.54, 1.807) is 0 Å². The minimum Gasteiger partial charge on any atom is -0.342 e. The Hall–Kier alpha value is -4.77. The molecule has 1 fully saturated rings. The quantitative estimate of drug-likeness (QED) is 0.227. The number of fused-ring (bicyclic) bond motifs is 5. The normalized spacial score (nSPS) is 15.4. The number of rotatable bonds is 3. The van der Waals surface area contributed by atoms with Gasteiger partial charge in [0, 0.05) is 42.5 Å². The van der Waals surface area contributed by atoms with Crippen LogP contribution in [0.4, 0.5) is 5.82 Å². The van der Waals surface area contributed by atoms with Gasteiger partial charge in [0.2, 0.25) is 5.96 Å². The van der Waals surface area contributed by atoms with E-state index in [2.05, 4.69) is 113 Å². The summed E-state index contributed by atoms with van der Waals surface area (Å²) in [6, 6.07) is 36.7. The monoisotopic (exact) mass is 519 g/mol. The molecule has 2 aromatic heterocycles. The van der Waals surface area contributed by atoms with Crippen molar-refractivity contribution in [3.63, 3.8) is 0 Å². The number of anilines is 1. The van der Waals surface area contributed by atoms with Crippen molar-refractivity contribution in [3.8, 4) is 22.4 Å². The zero-order valence-corrected chi connectivity index (χ0v) is 22.3. The Labute approximate surface area is 233 Å². The largest absolute Gasteiger partial charge is 0.342 e. The molecule has 0 unspecified atom stereocenters. The highest BCUT2D eigenvalue weighted by molar-refractivity contribution is 6.05. The fraction of sp³-hybridized carbons (Fsp3) is 0.171. The molecular formula is C35H29N5. The molecule has 1 saturated heterocycles. The molecule has 0 bridgehead atoms. The molecule has 0 aliphatic carbocycles. The van der Waals surface area contributed by atoms with E-state index >= 15 is 0 Å². The maximum Gasteiger partial charge on any atom is 0.202 e. The van der Waals surface area contributed by atoms with Crippen molar-refractivity contribution in [2.45, 2.75) is 12.8 Å². The predicted molar refractivity (Wildman–Crippen MR) is 166 cm³/mol. The fourth-order valence-corrected chi connectivity index (χ4v) is 6.22. The van der Waals surface area contributed by atoms with Gasteiger partial charge >= 0.3 is 0 Å². The van der Waals surface area contributed by atoms with Crippen molar-refractivity contribution in [3.05, 3.63) is 103 Å². The lowest BCUT2D eigenvalue weighted by Crippen LogP contribution is -2.52. The molecule has 194 valence electrons. The van der Waals surface area contributed by atoms with Gasteiger partial charge in [-0.15, -0.1) is 0 Å². The summed E-state index contributed by atoms with van der Waals surface area (Å²) in [7, 11) is 0. The van der Waals surface area contributed by atoms with E-state index in [0.29, 0.717) is 0 Å². The van der Waals surface area contributed by atoms with Crippen LogP contribution in [-0.2, 0) is 0 Å². The van der Waals surface area contributed by atoms with Gasteiger partial charge in [-0.3, -0.25) is 9.89 Å². The average molecular weight is 520 g/mol. The zero-order valence-electron chi connectivity index (χ0n) is 22.3. The Morgan fingerprint density at radius 2 is 1.25 bits per heavy atom. The van der Waals surface area contributed by atoms with E-state index in [-0.39, 0.29) is 0 Å². The topological polar surface area (TPSA) is 44.6 Å². The number of nitrogens with zero attached hydrogens (tertiary/aromatic N) is 5. The number of aromatic nitrogens is 2.